The molecule has 0 spiro atoms. The number of amides is 1. The molecule has 0 saturated carbocycles. The Labute approximate surface area is 208 Å². The minimum absolute atomic E-state index is 0.0109. The van der Waals surface area contributed by atoms with Gasteiger partial charge in [0.25, 0.3) is 0 Å². The number of hydrogen-bond acceptors (Lipinski definition) is 9. The first-order valence-electron chi connectivity index (χ1n) is 13.5. The van der Waals surface area contributed by atoms with Gasteiger partial charge in [0.2, 0.25) is 5.91 Å². The van der Waals surface area contributed by atoms with Crippen LogP contribution in [-0.2, 0) is 4.79 Å². The average molecular weight is 487 g/mol. The molecule has 4 aliphatic heterocycles. The third-order valence-corrected chi connectivity index (χ3v) is 7.63. The number of fused-ring (bicyclic) bond motifs is 1. The molecule has 0 aliphatic carbocycles. The molecule has 4 atom stereocenters. The number of benzene rings is 1. The monoisotopic (exact) mass is 486 g/mol. The van der Waals surface area contributed by atoms with Crippen LogP contribution < -0.4 is 36.9 Å². The Kier molecular flexibility index (Phi) is 8.72. The van der Waals surface area contributed by atoms with Crippen molar-refractivity contribution in [1.29, 1.82) is 0 Å². The number of carbonyl (C=O) groups is 1. The van der Waals surface area contributed by atoms with E-state index in [4.69, 9.17) is 4.74 Å². The second kappa shape index (κ2) is 12.3. The van der Waals surface area contributed by atoms with E-state index in [9.17, 15) is 4.79 Å². The Hall–Kier alpha value is -1.95. The molecule has 1 amide bonds. The van der Waals surface area contributed by atoms with Crippen molar-refractivity contribution in [3.8, 4) is 5.75 Å². The van der Waals surface area contributed by atoms with Gasteiger partial charge in [-0.3, -0.25) is 30.7 Å². The average Bonchev–Trinajstić information content (AvgIpc) is 3.31. The van der Waals surface area contributed by atoms with Gasteiger partial charge in [-0.05, 0) is 56.6 Å². The summed E-state index contributed by atoms with van der Waals surface area (Å²) in [4.78, 5) is 17.7. The van der Waals surface area contributed by atoms with Gasteiger partial charge < -0.3 is 15.4 Å². The minimum atomic E-state index is -0.210. The molecule has 4 heterocycles. The van der Waals surface area contributed by atoms with Crippen molar-refractivity contribution in [2.45, 2.75) is 50.6 Å². The third-order valence-electron chi connectivity index (χ3n) is 7.63. The molecule has 4 unspecified atom stereocenters. The van der Waals surface area contributed by atoms with Gasteiger partial charge in [-0.1, -0.05) is 12.8 Å². The smallest absolute Gasteiger partial charge is 0.242 e. The maximum Gasteiger partial charge on any atom is 0.242 e. The summed E-state index contributed by atoms with van der Waals surface area (Å²) in [5.74, 6) is 0.678. The summed E-state index contributed by atoms with van der Waals surface area (Å²) >= 11 is 0. The van der Waals surface area contributed by atoms with Crippen LogP contribution in [0.1, 0.15) is 32.1 Å². The lowest BCUT2D eigenvalue weighted by molar-refractivity contribution is -0.132. The number of nitrogens with zero attached hydrogens (tertiary/aromatic N) is 2. The van der Waals surface area contributed by atoms with Gasteiger partial charge in [-0.2, -0.15) is 0 Å². The fourth-order valence-corrected chi connectivity index (χ4v) is 5.65. The predicted molar refractivity (Wildman–Crippen MR) is 137 cm³/mol. The highest BCUT2D eigenvalue weighted by molar-refractivity contribution is 5.81. The Morgan fingerprint density at radius 3 is 2.60 bits per heavy atom. The van der Waals surface area contributed by atoms with Crippen molar-refractivity contribution in [1.82, 2.24) is 36.6 Å². The highest BCUT2D eigenvalue weighted by atomic mass is 16.5. The number of hydrogen-bond donors (Lipinski definition) is 6. The summed E-state index contributed by atoms with van der Waals surface area (Å²) in [5.41, 5.74) is 6.84. The quantitative estimate of drug-likeness (QED) is 0.319. The van der Waals surface area contributed by atoms with Crippen LogP contribution in [0.15, 0.2) is 24.3 Å². The van der Waals surface area contributed by atoms with Crippen LogP contribution in [0.5, 0.6) is 5.75 Å². The molecule has 1 aromatic rings. The number of likely N-dealkylation sites (tertiary alicyclic amines) is 1. The third kappa shape index (κ3) is 6.63. The van der Waals surface area contributed by atoms with E-state index < -0.39 is 0 Å². The predicted octanol–water partition coefficient (Wildman–Crippen LogP) is 0.0703. The molecule has 4 aliphatic rings. The highest BCUT2D eigenvalue weighted by Crippen LogP contribution is 2.24. The summed E-state index contributed by atoms with van der Waals surface area (Å²) < 4.78 is 6.01. The van der Waals surface area contributed by atoms with Crippen molar-refractivity contribution in [3.05, 3.63) is 24.3 Å². The number of carbonyl (C=O) groups excluding carboxylic acids is 1. The van der Waals surface area contributed by atoms with Crippen LogP contribution in [-0.4, -0.2) is 93.2 Å². The molecule has 4 fully saturated rings. The molecule has 1 aromatic carbocycles. The lowest BCUT2D eigenvalue weighted by atomic mass is 9.91. The summed E-state index contributed by atoms with van der Waals surface area (Å²) in [6.07, 6.45) is 6.12. The van der Waals surface area contributed by atoms with E-state index in [1.54, 1.807) is 0 Å². The SMILES string of the molecule is O=C1NNCC2NC(N3CCCCCC3)NC(Nc3ccc(OCCN4CCCNCC4)cc3)C12. The van der Waals surface area contributed by atoms with E-state index in [-0.39, 0.29) is 30.3 Å². The van der Waals surface area contributed by atoms with Crippen LogP contribution in [0.3, 0.4) is 0 Å². The number of rotatable bonds is 7. The Morgan fingerprint density at radius 2 is 1.77 bits per heavy atom. The fourth-order valence-electron chi connectivity index (χ4n) is 5.65. The molecule has 4 saturated heterocycles. The fraction of sp³-hybridized carbons (Fsp3) is 0.720. The van der Waals surface area contributed by atoms with Crippen LogP contribution in [0.4, 0.5) is 5.69 Å². The largest absolute Gasteiger partial charge is 0.492 e. The lowest BCUT2D eigenvalue weighted by Gasteiger charge is -2.48. The molecule has 0 aromatic heterocycles. The van der Waals surface area contributed by atoms with Crippen molar-refractivity contribution in [3.63, 3.8) is 0 Å². The summed E-state index contributed by atoms with van der Waals surface area (Å²) in [7, 11) is 0. The molecule has 10 heteroatoms. The van der Waals surface area contributed by atoms with Crippen LogP contribution in [0.25, 0.3) is 0 Å². The van der Waals surface area contributed by atoms with Crippen molar-refractivity contribution in [2.75, 3.05) is 64.3 Å². The number of nitrogens with one attached hydrogen (secondary N) is 6. The Morgan fingerprint density at radius 1 is 0.943 bits per heavy atom. The van der Waals surface area contributed by atoms with Gasteiger partial charge in [0.05, 0.1) is 12.1 Å². The Balaban J connectivity index is 1.18. The van der Waals surface area contributed by atoms with Gasteiger partial charge >= 0.3 is 0 Å². The molecule has 6 N–H and O–H groups in total. The second-order valence-corrected chi connectivity index (χ2v) is 10.1. The molecule has 0 radical (unpaired) electrons. The van der Waals surface area contributed by atoms with E-state index >= 15 is 0 Å². The van der Waals surface area contributed by atoms with Gasteiger partial charge in [-0.15, -0.1) is 0 Å². The van der Waals surface area contributed by atoms with E-state index in [1.807, 2.05) is 24.3 Å². The molecule has 10 nitrogen and oxygen atoms in total. The van der Waals surface area contributed by atoms with Crippen LogP contribution in [0.2, 0.25) is 0 Å². The van der Waals surface area contributed by atoms with Crippen molar-refractivity contribution >= 4 is 11.6 Å². The number of ether oxygens (including phenoxy) is 1. The number of hydrazine groups is 1. The molecule has 35 heavy (non-hydrogen) atoms. The van der Waals surface area contributed by atoms with Crippen molar-refractivity contribution < 1.29 is 9.53 Å². The van der Waals surface area contributed by atoms with E-state index in [1.165, 1.54) is 32.1 Å². The first kappa shape index (κ1) is 24.7. The first-order chi connectivity index (χ1) is 17.3. The van der Waals surface area contributed by atoms with Crippen LogP contribution >= 0.6 is 0 Å². The van der Waals surface area contributed by atoms with Gasteiger partial charge in [0.15, 0.2) is 0 Å². The summed E-state index contributed by atoms with van der Waals surface area (Å²) in [6.45, 7) is 8.88. The molecular weight excluding hydrogens is 444 g/mol. The second-order valence-electron chi connectivity index (χ2n) is 10.1. The maximum absolute atomic E-state index is 12.8. The van der Waals surface area contributed by atoms with Crippen molar-refractivity contribution in [2.24, 2.45) is 5.92 Å². The number of anilines is 1. The zero-order chi connectivity index (χ0) is 23.9. The normalized spacial score (nSPS) is 31.0. The standard InChI is InChI=1S/C25H42N8O2/c34-24-22-21(18-27-31-24)29-25(33-13-3-1-2-4-14-33)30-23(22)28-19-6-8-20(9-7-19)35-17-16-32-12-5-10-26-11-15-32/h6-9,21-23,25-30H,1-5,10-18H2,(H,31,34). The van der Waals surface area contributed by atoms with E-state index in [0.717, 1.165) is 57.3 Å². The Bertz CT molecular complexity index is 793. The minimum Gasteiger partial charge on any atom is -0.492 e. The maximum atomic E-state index is 12.8. The molecule has 0 bridgehead atoms. The van der Waals surface area contributed by atoms with Gasteiger partial charge in [0.1, 0.15) is 18.6 Å². The summed E-state index contributed by atoms with van der Waals surface area (Å²) in [6, 6.07) is 8.18. The topological polar surface area (TPSA) is 105 Å². The summed E-state index contributed by atoms with van der Waals surface area (Å²) in [5, 5.41) is 14.4. The lowest BCUT2D eigenvalue weighted by Crippen LogP contribution is -2.76. The van der Waals surface area contributed by atoms with E-state index in [0.29, 0.717) is 13.2 Å². The molecule has 194 valence electrons. The van der Waals surface area contributed by atoms with Gasteiger partial charge in [-0.25, -0.2) is 5.43 Å². The zero-order valence-corrected chi connectivity index (χ0v) is 20.7. The highest BCUT2D eigenvalue weighted by Gasteiger charge is 2.44. The zero-order valence-electron chi connectivity index (χ0n) is 20.7. The molecule has 5 rings (SSSR count). The van der Waals surface area contributed by atoms with Crippen LogP contribution in [0, 0.1) is 5.92 Å². The first-order valence-corrected chi connectivity index (χ1v) is 13.5. The van der Waals surface area contributed by atoms with Gasteiger partial charge in [0, 0.05) is 51.0 Å². The van der Waals surface area contributed by atoms with E-state index in [2.05, 4.69) is 41.9 Å². The molecular formula is C25H42N8O2.